The molecule has 2 atom stereocenters. The number of hydroxylamine groups is 2. The lowest BCUT2D eigenvalue weighted by molar-refractivity contribution is -0.184. The average Bonchev–Trinajstić information content (AvgIpc) is 2.97. The molecule has 2 aromatic carbocycles. The summed E-state index contributed by atoms with van der Waals surface area (Å²) in [6.45, 7) is 4.88. The zero-order chi connectivity index (χ0) is 16.8. The lowest BCUT2D eigenvalue weighted by Crippen LogP contribution is -2.38. The number of benzene rings is 2. The minimum atomic E-state index is -0.277. The molecule has 124 valence electrons. The molecule has 0 radical (unpaired) electrons. The van der Waals surface area contributed by atoms with Gasteiger partial charge in [-0.15, -0.1) is 11.6 Å². The molecule has 1 saturated heterocycles. The molecule has 0 amide bonds. The second-order valence-electron chi connectivity index (χ2n) is 5.79. The van der Waals surface area contributed by atoms with Gasteiger partial charge in [-0.25, -0.2) is 0 Å². The number of carbonyl (C=O) groups is 1. The van der Waals surface area contributed by atoms with Crippen LogP contribution < -0.4 is 0 Å². The van der Waals surface area contributed by atoms with E-state index < -0.39 is 0 Å². The van der Waals surface area contributed by atoms with Crippen molar-refractivity contribution in [3.63, 3.8) is 0 Å². The highest BCUT2D eigenvalue weighted by Crippen LogP contribution is 2.24. The molecule has 0 unspecified atom stereocenters. The van der Waals surface area contributed by atoms with Crippen molar-refractivity contribution in [1.29, 1.82) is 0 Å². The lowest BCUT2D eigenvalue weighted by atomic mass is 10.1. The minimum absolute atomic E-state index is 0.168. The van der Waals surface area contributed by atoms with Crippen molar-refractivity contribution in [3.05, 3.63) is 84.4 Å². The van der Waals surface area contributed by atoms with Gasteiger partial charge in [0.2, 0.25) is 0 Å². The van der Waals surface area contributed by atoms with Gasteiger partial charge in [-0.2, -0.15) is 0 Å². The summed E-state index contributed by atoms with van der Waals surface area (Å²) >= 11 is 0. The normalized spacial score (nSPS) is 19.0. The van der Waals surface area contributed by atoms with Crippen LogP contribution in [0.25, 0.3) is 0 Å². The van der Waals surface area contributed by atoms with E-state index in [4.69, 9.17) is 9.57 Å². The lowest BCUT2D eigenvalue weighted by Gasteiger charge is -2.26. The topological polar surface area (TPSA) is 38.8 Å². The summed E-state index contributed by atoms with van der Waals surface area (Å²) in [5, 5.41) is 1.70. The van der Waals surface area contributed by atoms with Crippen LogP contribution in [0.3, 0.4) is 0 Å². The minimum Gasteiger partial charge on any atom is -0.368 e. The van der Waals surface area contributed by atoms with Gasteiger partial charge < -0.3 is 9.57 Å². The summed E-state index contributed by atoms with van der Waals surface area (Å²) in [6, 6.07) is 19.7. The molecule has 2 aromatic rings. The molecule has 3 rings (SSSR count). The Labute approximate surface area is 142 Å². The van der Waals surface area contributed by atoms with E-state index in [0.29, 0.717) is 19.6 Å². The predicted molar refractivity (Wildman–Crippen MR) is 91.7 cm³/mol. The molecule has 4 nitrogen and oxygen atoms in total. The maximum absolute atomic E-state index is 11.8. The van der Waals surface area contributed by atoms with Crippen molar-refractivity contribution in [3.8, 4) is 0 Å². The largest absolute Gasteiger partial charge is 0.368 e. The summed E-state index contributed by atoms with van der Waals surface area (Å²) in [4.78, 5) is 17.2. The monoisotopic (exact) mass is 323 g/mol. The first-order valence-corrected chi connectivity index (χ1v) is 8.05. The Kier molecular flexibility index (Phi) is 5.41. The molecule has 0 N–H and O–H groups in total. The maximum Gasteiger partial charge on any atom is 0.326 e. The van der Waals surface area contributed by atoms with Gasteiger partial charge in [0.25, 0.3) is 0 Å². The van der Waals surface area contributed by atoms with E-state index in [0.717, 1.165) is 11.1 Å². The highest BCUT2D eigenvalue weighted by atomic mass is 16.7. The van der Waals surface area contributed by atoms with Crippen LogP contribution in [-0.2, 0) is 27.5 Å². The van der Waals surface area contributed by atoms with E-state index in [2.05, 4.69) is 6.58 Å². The summed E-state index contributed by atoms with van der Waals surface area (Å²) in [5.74, 6) is -0.230. The van der Waals surface area contributed by atoms with Crippen molar-refractivity contribution in [2.75, 3.05) is 0 Å². The fourth-order valence-corrected chi connectivity index (χ4v) is 2.80. The Morgan fingerprint density at radius 3 is 2.38 bits per heavy atom. The van der Waals surface area contributed by atoms with Gasteiger partial charge in [0, 0.05) is 0 Å². The highest BCUT2D eigenvalue weighted by molar-refractivity contribution is 5.71. The van der Waals surface area contributed by atoms with Crippen molar-refractivity contribution in [1.82, 2.24) is 5.06 Å². The van der Waals surface area contributed by atoms with Crippen molar-refractivity contribution < 1.29 is 14.4 Å². The molecule has 24 heavy (non-hydrogen) atoms. The third kappa shape index (κ3) is 4.10. The molecular formula is C20H21NO3. The van der Waals surface area contributed by atoms with E-state index in [9.17, 15) is 4.79 Å². The molecule has 0 aromatic heterocycles. The molecule has 0 saturated carbocycles. The van der Waals surface area contributed by atoms with Crippen LogP contribution in [-0.4, -0.2) is 23.2 Å². The molecule has 1 heterocycles. The van der Waals surface area contributed by atoms with Crippen LogP contribution in [0.1, 0.15) is 17.5 Å². The van der Waals surface area contributed by atoms with E-state index >= 15 is 0 Å². The van der Waals surface area contributed by atoms with Gasteiger partial charge in [0.05, 0.1) is 31.7 Å². The SMILES string of the molecule is C=C[C@@H](OCc1ccccc1)[C@@H]1CC(=O)ON1Cc1ccccc1. The van der Waals surface area contributed by atoms with Crippen LogP contribution in [0.5, 0.6) is 0 Å². The molecule has 4 heteroatoms. The van der Waals surface area contributed by atoms with Gasteiger partial charge in [-0.1, -0.05) is 66.7 Å². The summed E-state index contributed by atoms with van der Waals surface area (Å²) in [6.07, 6.45) is 1.77. The fourth-order valence-electron chi connectivity index (χ4n) is 2.80. The Hall–Kier alpha value is -2.43. The smallest absolute Gasteiger partial charge is 0.326 e. The summed E-state index contributed by atoms with van der Waals surface area (Å²) in [7, 11) is 0. The second kappa shape index (κ2) is 7.90. The first-order chi connectivity index (χ1) is 11.8. The number of hydrogen-bond donors (Lipinski definition) is 0. The first kappa shape index (κ1) is 16.4. The van der Waals surface area contributed by atoms with Crippen LogP contribution in [0.2, 0.25) is 0 Å². The van der Waals surface area contributed by atoms with Gasteiger partial charge in [-0.3, -0.25) is 4.79 Å². The first-order valence-electron chi connectivity index (χ1n) is 8.05. The molecule has 1 fully saturated rings. The molecule has 1 aliphatic rings. The second-order valence-corrected chi connectivity index (χ2v) is 5.79. The van der Waals surface area contributed by atoms with Crippen molar-refractivity contribution >= 4 is 5.97 Å². The number of hydrogen-bond acceptors (Lipinski definition) is 4. The summed E-state index contributed by atoms with van der Waals surface area (Å²) < 4.78 is 5.99. The third-order valence-corrected chi connectivity index (χ3v) is 4.04. The van der Waals surface area contributed by atoms with Gasteiger partial charge in [0.15, 0.2) is 0 Å². The quantitative estimate of drug-likeness (QED) is 0.731. The Balaban J connectivity index is 1.66. The van der Waals surface area contributed by atoms with E-state index in [1.807, 2.05) is 60.7 Å². The van der Waals surface area contributed by atoms with Gasteiger partial charge >= 0.3 is 5.97 Å². The number of ether oxygens (including phenoxy) is 1. The molecule has 1 aliphatic heterocycles. The molecule has 0 aliphatic carbocycles. The van der Waals surface area contributed by atoms with E-state index in [-0.39, 0.29) is 18.1 Å². The number of carbonyl (C=O) groups excluding carboxylic acids is 1. The van der Waals surface area contributed by atoms with Crippen LogP contribution >= 0.6 is 0 Å². The van der Waals surface area contributed by atoms with Gasteiger partial charge in [-0.05, 0) is 11.1 Å². The average molecular weight is 323 g/mol. The van der Waals surface area contributed by atoms with Gasteiger partial charge in [0.1, 0.15) is 0 Å². The number of rotatable bonds is 7. The van der Waals surface area contributed by atoms with E-state index in [1.54, 1.807) is 11.1 Å². The standard InChI is InChI=1S/C20H21NO3/c1-2-19(23-15-17-11-7-4-8-12-17)18-13-20(22)24-21(18)14-16-9-5-3-6-10-16/h2-12,18-19H,1,13-15H2/t18-,19+/m0/s1. The zero-order valence-corrected chi connectivity index (χ0v) is 13.5. The Morgan fingerprint density at radius 1 is 1.12 bits per heavy atom. The maximum atomic E-state index is 11.8. The van der Waals surface area contributed by atoms with Crippen molar-refractivity contribution in [2.24, 2.45) is 0 Å². The zero-order valence-electron chi connectivity index (χ0n) is 13.5. The van der Waals surface area contributed by atoms with Crippen LogP contribution in [0.4, 0.5) is 0 Å². The Bertz CT molecular complexity index is 672. The van der Waals surface area contributed by atoms with Crippen LogP contribution in [0, 0.1) is 0 Å². The predicted octanol–water partition coefficient (Wildman–Crippen LogP) is 3.49. The molecular weight excluding hydrogens is 302 g/mol. The molecule has 0 bridgehead atoms. The molecule has 0 spiro atoms. The Morgan fingerprint density at radius 2 is 1.75 bits per heavy atom. The van der Waals surface area contributed by atoms with E-state index in [1.165, 1.54) is 0 Å². The number of nitrogens with zero attached hydrogens (tertiary/aromatic N) is 1. The van der Waals surface area contributed by atoms with Crippen LogP contribution in [0.15, 0.2) is 73.3 Å². The van der Waals surface area contributed by atoms with Crippen molar-refractivity contribution in [2.45, 2.75) is 31.7 Å². The highest BCUT2D eigenvalue weighted by Gasteiger charge is 2.38. The fraction of sp³-hybridized carbons (Fsp3) is 0.250. The summed E-state index contributed by atoms with van der Waals surface area (Å²) in [5.41, 5.74) is 2.17. The third-order valence-electron chi connectivity index (χ3n) is 4.04.